The van der Waals surface area contributed by atoms with Crippen molar-refractivity contribution in [2.24, 2.45) is 0 Å². The zero-order valence-corrected chi connectivity index (χ0v) is 12.8. The molecule has 1 aliphatic rings. The van der Waals surface area contributed by atoms with Gasteiger partial charge in [0.05, 0.1) is 0 Å². The van der Waals surface area contributed by atoms with Crippen LogP contribution in [0.15, 0.2) is 0 Å². The maximum atomic E-state index is 12.7. The van der Waals surface area contributed by atoms with Gasteiger partial charge in [-0.3, -0.25) is 9.59 Å². The van der Waals surface area contributed by atoms with E-state index in [1.807, 2.05) is 27.0 Å². The van der Waals surface area contributed by atoms with Crippen molar-refractivity contribution in [2.75, 3.05) is 12.0 Å². The van der Waals surface area contributed by atoms with Crippen molar-refractivity contribution in [2.45, 2.75) is 58.2 Å². The molecule has 1 fully saturated rings. The molecule has 1 rings (SSSR count). The van der Waals surface area contributed by atoms with Gasteiger partial charge in [-0.05, 0) is 32.9 Å². The van der Waals surface area contributed by atoms with E-state index in [4.69, 9.17) is 0 Å². The van der Waals surface area contributed by atoms with Crippen LogP contribution >= 0.6 is 11.8 Å². The van der Waals surface area contributed by atoms with Gasteiger partial charge in [-0.2, -0.15) is 11.8 Å². The molecule has 2 unspecified atom stereocenters. The Labute approximate surface area is 114 Å². The van der Waals surface area contributed by atoms with Crippen molar-refractivity contribution in [3.05, 3.63) is 0 Å². The highest BCUT2D eigenvalue weighted by Gasteiger charge is 2.48. The largest absolute Gasteiger partial charge is 0.340 e. The fourth-order valence-electron chi connectivity index (χ4n) is 2.58. The first-order valence-corrected chi connectivity index (χ1v) is 7.96. The molecule has 1 aliphatic heterocycles. The first kappa shape index (κ1) is 15.3. The van der Waals surface area contributed by atoms with Crippen molar-refractivity contribution in [3.63, 3.8) is 0 Å². The molecular formula is C13H24N2O2S. The highest BCUT2D eigenvalue weighted by Crippen LogP contribution is 2.27. The molecule has 1 saturated heterocycles. The van der Waals surface area contributed by atoms with Crippen LogP contribution < -0.4 is 5.32 Å². The summed E-state index contributed by atoms with van der Waals surface area (Å²) in [6.45, 7) is 7.73. The minimum absolute atomic E-state index is 0.0359. The Morgan fingerprint density at radius 1 is 1.39 bits per heavy atom. The fourth-order valence-corrected chi connectivity index (χ4v) is 3.22. The van der Waals surface area contributed by atoms with Crippen molar-refractivity contribution in [3.8, 4) is 0 Å². The number of rotatable bonds is 5. The molecule has 4 nitrogen and oxygen atoms in total. The van der Waals surface area contributed by atoms with Crippen LogP contribution in [0.5, 0.6) is 0 Å². The molecule has 104 valence electrons. The monoisotopic (exact) mass is 272 g/mol. The van der Waals surface area contributed by atoms with Crippen LogP contribution in [-0.2, 0) is 9.59 Å². The standard InChI is InChI=1S/C13H24N2O2S/c1-6-13(7-2)12(17)15(9(3)8-18-5)10(4)11(16)14-13/h9-10H,6-8H2,1-5H3,(H,14,16). The van der Waals surface area contributed by atoms with Gasteiger partial charge in [-0.25, -0.2) is 0 Å². The van der Waals surface area contributed by atoms with Gasteiger partial charge in [0.2, 0.25) is 11.8 Å². The van der Waals surface area contributed by atoms with Gasteiger partial charge in [0.25, 0.3) is 0 Å². The highest BCUT2D eigenvalue weighted by molar-refractivity contribution is 7.98. The summed E-state index contributed by atoms with van der Waals surface area (Å²) in [6.07, 6.45) is 3.30. The molecule has 2 atom stereocenters. The minimum Gasteiger partial charge on any atom is -0.340 e. The zero-order valence-electron chi connectivity index (χ0n) is 11.9. The number of thioether (sulfide) groups is 1. The van der Waals surface area contributed by atoms with Crippen LogP contribution in [-0.4, -0.2) is 46.3 Å². The Morgan fingerprint density at radius 2 is 1.94 bits per heavy atom. The summed E-state index contributed by atoms with van der Waals surface area (Å²) in [5.41, 5.74) is -0.698. The number of carbonyl (C=O) groups is 2. The maximum absolute atomic E-state index is 12.7. The van der Waals surface area contributed by atoms with E-state index in [1.165, 1.54) is 0 Å². The van der Waals surface area contributed by atoms with Gasteiger partial charge in [0, 0.05) is 11.8 Å². The molecule has 0 aliphatic carbocycles. The van der Waals surface area contributed by atoms with E-state index in [1.54, 1.807) is 23.6 Å². The van der Waals surface area contributed by atoms with E-state index in [2.05, 4.69) is 5.32 Å². The molecule has 1 N–H and O–H groups in total. The Morgan fingerprint density at radius 3 is 2.39 bits per heavy atom. The average Bonchev–Trinajstić information content (AvgIpc) is 2.35. The lowest BCUT2D eigenvalue weighted by Gasteiger charge is -2.46. The third kappa shape index (κ3) is 2.51. The molecule has 0 radical (unpaired) electrons. The second-order valence-corrected chi connectivity index (χ2v) is 5.88. The summed E-state index contributed by atoms with van der Waals surface area (Å²) in [6, 6.07) is -0.281. The van der Waals surface area contributed by atoms with E-state index in [0.717, 1.165) is 5.75 Å². The lowest BCUT2D eigenvalue weighted by atomic mass is 9.86. The average molecular weight is 272 g/mol. The zero-order chi connectivity index (χ0) is 13.9. The number of amides is 2. The third-order valence-corrected chi connectivity index (χ3v) is 4.71. The van der Waals surface area contributed by atoms with Crippen LogP contribution in [0.4, 0.5) is 0 Å². The first-order valence-electron chi connectivity index (χ1n) is 6.57. The van der Waals surface area contributed by atoms with Crippen LogP contribution in [0.2, 0.25) is 0 Å². The van der Waals surface area contributed by atoms with Crippen molar-refractivity contribution < 1.29 is 9.59 Å². The summed E-state index contributed by atoms with van der Waals surface area (Å²) < 4.78 is 0. The number of nitrogens with zero attached hydrogens (tertiary/aromatic N) is 1. The van der Waals surface area contributed by atoms with Crippen molar-refractivity contribution in [1.82, 2.24) is 10.2 Å². The molecule has 2 amide bonds. The topological polar surface area (TPSA) is 49.4 Å². The number of hydrogen-bond acceptors (Lipinski definition) is 3. The second-order valence-electron chi connectivity index (χ2n) is 4.97. The first-order chi connectivity index (χ1) is 8.43. The van der Waals surface area contributed by atoms with E-state index >= 15 is 0 Å². The highest BCUT2D eigenvalue weighted by atomic mass is 32.2. The minimum atomic E-state index is -0.698. The molecule has 0 aromatic heterocycles. The number of piperazine rings is 1. The Balaban J connectivity index is 3.06. The van der Waals surface area contributed by atoms with Crippen LogP contribution in [0.25, 0.3) is 0 Å². The van der Waals surface area contributed by atoms with E-state index in [-0.39, 0.29) is 23.9 Å². The fraction of sp³-hybridized carbons (Fsp3) is 0.846. The van der Waals surface area contributed by atoms with Crippen molar-refractivity contribution in [1.29, 1.82) is 0 Å². The lowest BCUT2D eigenvalue weighted by molar-refractivity contribution is -0.156. The maximum Gasteiger partial charge on any atom is 0.249 e. The molecule has 0 aromatic carbocycles. The Bertz CT molecular complexity index is 329. The molecule has 0 aromatic rings. The third-order valence-electron chi connectivity index (χ3n) is 3.89. The van der Waals surface area contributed by atoms with Gasteiger partial charge in [0.15, 0.2) is 0 Å². The molecule has 5 heteroatoms. The van der Waals surface area contributed by atoms with Crippen LogP contribution in [0, 0.1) is 0 Å². The normalized spacial score (nSPS) is 24.9. The smallest absolute Gasteiger partial charge is 0.249 e. The van der Waals surface area contributed by atoms with Crippen LogP contribution in [0.3, 0.4) is 0 Å². The van der Waals surface area contributed by atoms with Gasteiger partial charge < -0.3 is 10.2 Å². The summed E-state index contributed by atoms with van der Waals surface area (Å²) in [5.74, 6) is 0.889. The molecule has 1 heterocycles. The molecule has 0 spiro atoms. The quantitative estimate of drug-likeness (QED) is 0.828. The summed E-state index contributed by atoms with van der Waals surface area (Å²) >= 11 is 1.70. The predicted octanol–water partition coefficient (Wildman–Crippen LogP) is 1.64. The Hall–Kier alpha value is -0.710. The van der Waals surface area contributed by atoms with Gasteiger partial charge in [0.1, 0.15) is 11.6 Å². The predicted molar refractivity (Wildman–Crippen MR) is 75.6 cm³/mol. The van der Waals surface area contributed by atoms with Gasteiger partial charge in [-0.15, -0.1) is 0 Å². The number of nitrogens with one attached hydrogen (secondary N) is 1. The second kappa shape index (κ2) is 5.95. The molecule has 0 saturated carbocycles. The summed E-state index contributed by atoms with van der Waals surface area (Å²) in [7, 11) is 0. The van der Waals surface area contributed by atoms with E-state index in [9.17, 15) is 9.59 Å². The molecule has 18 heavy (non-hydrogen) atoms. The van der Waals surface area contributed by atoms with Gasteiger partial charge >= 0.3 is 0 Å². The van der Waals surface area contributed by atoms with E-state index < -0.39 is 5.54 Å². The summed E-state index contributed by atoms with van der Waals surface area (Å²) in [5, 5.41) is 2.92. The van der Waals surface area contributed by atoms with Gasteiger partial charge in [-0.1, -0.05) is 13.8 Å². The number of hydrogen-bond donors (Lipinski definition) is 1. The van der Waals surface area contributed by atoms with Crippen molar-refractivity contribution >= 4 is 23.6 Å². The Kier molecular flexibility index (Phi) is 5.08. The molecule has 0 bridgehead atoms. The van der Waals surface area contributed by atoms with E-state index in [0.29, 0.717) is 12.8 Å². The lowest BCUT2D eigenvalue weighted by Crippen LogP contribution is -2.71. The number of carbonyl (C=O) groups excluding carboxylic acids is 2. The van der Waals surface area contributed by atoms with Crippen LogP contribution in [0.1, 0.15) is 40.5 Å². The molecular weight excluding hydrogens is 248 g/mol. The SMILES string of the molecule is CCC1(CC)NC(=O)C(C)N(C(C)CSC)C1=O. The summed E-state index contributed by atoms with van der Waals surface area (Å²) in [4.78, 5) is 26.5.